The van der Waals surface area contributed by atoms with Gasteiger partial charge in [-0.3, -0.25) is 9.48 Å². The first-order valence-electron chi connectivity index (χ1n) is 5.60. The number of methoxy groups -OCH3 is 1. The third-order valence-corrected chi connectivity index (χ3v) is 2.36. The van der Waals surface area contributed by atoms with Gasteiger partial charge in [-0.2, -0.15) is 5.10 Å². The number of aromatic nitrogens is 2. The van der Waals surface area contributed by atoms with Gasteiger partial charge in [-0.05, 0) is 6.92 Å². The number of anilines is 1. The molecule has 2 N–H and O–H groups in total. The van der Waals surface area contributed by atoms with Crippen molar-refractivity contribution in [3.63, 3.8) is 0 Å². The van der Waals surface area contributed by atoms with Crippen LogP contribution < -0.4 is 5.32 Å². The first-order chi connectivity index (χ1) is 8.97. The summed E-state index contributed by atoms with van der Waals surface area (Å²) in [5.74, 6) is -1.44. The molecule has 0 atom stereocenters. The summed E-state index contributed by atoms with van der Waals surface area (Å²) in [6, 6.07) is 0. The number of ether oxygens (including phenoxy) is 2. The van der Waals surface area contributed by atoms with Crippen molar-refractivity contribution in [2.75, 3.05) is 32.2 Å². The average molecular weight is 271 g/mol. The SMILES string of the molecule is COCCOCC(=O)Nc1c(C(=O)O)c(C)nn1C. The number of rotatable bonds is 7. The van der Waals surface area contributed by atoms with Crippen LogP contribution >= 0.6 is 0 Å². The summed E-state index contributed by atoms with van der Waals surface area (Å²) >= 11 is 0. The predicted octanol–water partition coefficient (Wildman–Crippen LogP) is 0.0282. The van der Waals surface area contributed by atoms with Crippen molar-refractivity contribution in [2.45, 2.75) is 6.92 Å². The molecule has 1 amide bonds. The molecule has 19 heavy (non-hydrogen) atoms. The summed E-state index contributed by atoms with van der Waals surface area (Å²) in [6.07, 6.45) is 0. The molecule has 0 spiro atoms. The maximum Gasteiger partial charge on any atom is 0.341 e. The summed E-state index contributed by atoms with van der Waals surface area (Å²) in [4.78, 5) is 22.7. The van der Waals surface area contributed by atoms with Gasteiger partial charge in [0.05, 0.1) is 18.9 Å². The lowest BCUT2D eigenvalue weighted by molar-refractivity contribution is -0.121. The van der Waals surface area contributed by atoms with Gasteiger partial charge in [0, 0.05) is 14.2 Å². The Kier molecular flexibility index (Phi) is 5.46. The Balaban J connectivity index is 2.66. The van der Waals surface area contributed by atoms with Gasteiger partial charge in [0.2, 0.25) is 0 Å². The van der Waals surface area contributed by atoms with E-state index in [1.165, 1.54) is 11.8 Å². The Labute approximate surface area is 110 Å². The van der Waals surface area contributed by atoms with Crippen LogP contribution in [0.2, 0.25) is 0 Å². The topological polar surface area (TPSA) is 103 Å². The minimum absolute atomic E-state index is 0.0206. The average Bonchev–Trinajstić information content (AvgIpc) is 2.60. The molecule has 0 radical (unpaired) electrons. The molecule has 0 fully saturated rings. The van der Waals surface area contributed by atoms with Gasteiger partial charge in [0.1, 0.15) is 18.0 Å². The van der Waals surface area contributed by atoms with Crippen LogP contribution in [0.5, 0.6) is 0 Å². The van der Waals surface area contributed by atoms with E-state index in [9.17, 15) is 9.59 Å². The van der Waals surface area contributed by atoms with Crippen molar-refractivity contribution in [2.24, 2.45) is 7.05 Å². The summed E-state index contributed by atoms with van der Waals surface area (Å²) in [5, 5.41) is 15.5. The molecule has 0 saturated carbocycles. The molecule has 1 rings (SSSR count). The second-order valence-electron chi connectivity index (χ2n) is 3.83. The monoisotopic (exact) mass is 271 g/mol. The van der Waals surface area contributed by atoms with Crippen molar-refractivity contribution in [1.82, 2.24) is 9.78 Å². The molecule has 0 aliphatic carbocycles. The van der Waals surface area contributed by atoms with Crippen LogP contribution in [-0.4, -0.2) is 53.7 Å². The molecule has 0 aliphatic rings. The molecule has 0 aromatic carbocycles. The fourth-order valence-electron chi connectivity index (χ4n) is 1.53. The second kappa shape index (κ2) is 6.86. The van der Waals surface area contributed by atoms with E-state index in [2.05, 4.69) is 10.4 Å². The molecule has 106 valence electrons. The zero-order valence-corrected chi connectivity index (χ0v) is 11.1. The molecule has 1 aromatic heterocycles. The fraction of sp³-hybridized carbons (Fsp3) is 0.545. The zero-order chi connectivity index (χ0) is 14.4. The molecule has 0 unspecified atom stereocenters. The van der Waals surface area contributed by atoms with Crippen LogP contribution in [0.25, 0.3) is 0 Å². The van der Waals surface area contributed by atoms with E-state index >= 15 is 0 Å². The smallest absolute Gasteiger partial charge is 0.341 e. The van der Waals surface area contributed by atoms with Crippen LogP contribution in [0, 0.1) is 6.92 Å². The van der Waals surface area contributed by atoms with Crippen LogP contribution in [0.3, 0.4) is 0 Å². The van der Waals surface area contributed by atoms with Gasteiger partial charge >= 0.3 is 5.97 Å². The highest BCUT2D eigenvalue weighted by Crippen LogP contribution is 2.18. The van der Waals surface area contributed by atoms with Crippen molar-refractivity contribution in [1.29, 1.82) is 0 Å². The first kappa shape index (κ1) is 15.1. The number of hydrogen-bond acceptors (Lipinski definition) is 5. The number of aryl methyl sites for hydroxylation is 2. The van der Waals surface area contributed by atoms with E-state index in [0.717, 1.165) is 0 Å². The number of nitrogens with one attached hydrogen (secondary N) is 1. The highest BCUT2D eigenvalue weighted by Gasteiger charge is 2.21. The highest BCUT2D eigenvalue weighted by molar-refractivity contribution is 6.00. The molecule has 0 aliphatic heterocycles. The van der Waals surface area contributed by atoms with Crippen LogP contribution in [0.4, 0.5) is 5.82 Å². The van der Waals surface area contributed by atoms with E-state index in [1.807, 2.05) is 0 Å². The first-order valence-corrected chi connectivity index (χ1v) is 5.60. The van der Waals surface area contributed by atoms with Crippen molar-refractivity contribution in [3.8, 4) is 0 Å². The molecule has 1 aromatic rings. The third-order valence-electron chi connectivity index (χ3n) is 2.36. The summed E-state index contributed by atoms with van der Waals surface area (Å²) in [6.45, 7) is 2.07. The number of carbonyl (C=O) groups excluding carboxylic acids is 1. The zero-order valence-electron chi connectivity index (χ0n) is 11.1. The number of hydrogen-bond donors (Lipinski definition) is 2. The lowest BCUT2D eigenvalue weighted by Gasteiger charge is -2.07. The number of carboxylic acid groups (broad SMARTS) is 1. The van der Waals surface area contributed by atoms with Gasteiger partial charge in [0.25, 0.3) is 5.91 Å². The number of carboxylic acids is 1. The van der Waals surface area contributed by atoms with Crippen molar-refractivity contribution < 1.29 is 24.2 Å². The molecule has 0 bridgehead atoms. The minimum Gasteiger partial charge on any atom is -0.477 e. The molecular formula is C11H17N3O5. The van der Waals surface area contributed by atoms with Gasteiger partial charge in [-0.1, -0.05) is 0 Å². The van der Waals surface area contributed by atoms with Gasteiger partial charge < -0.3 is 19.9 Å². The second-order valence-corrected chi connectivity index (χ2v) is 3.83. The van der Waals surface area contributed by atoms with E-state index in [1.54, 1.807) is 14.0 Å². The van der Waals surface area contributed by atoms with Crippen molar-refractivity contribution >= 4 is 17.7 Å². The Bertz CT molecular complexity index is 469. The van der Waals surface area contributed by atoms with Crippen LogP contribution in [0.1, 0.15) is 16.1 Å². The van der Waals surface area contributed by atoms with Crippen LogP contribution in [-0.2, 0) is 21.3 Å². The fourth-order valence-corrected chi connectivity index (χ4v) is 1.53. The lowest BCUT2D eigenvalue weighted by atomic mass is 10.2. The van der Waals surface area contributed by atoms with Crippen molar-refractivity contribution in [3.05, 3.63) is 11.3 Å². The third kappa shape index (κ3) is 4.04. The Morgan fingerprint density at radius 1 is 1.42 bits per heavy atom. The molecular weight excluding hydrogens is 254 g/mol. The molecule has 8 nitrogen and oxygen atoms in total. The maximum absolute atomic E-state index is 11.6. The summed E-state index contributed by atoms with van der Waals surface area (Å²) in [5.41, 5.74) is 0.318. The summed E-state index contributed by atoms with van der Waals surface area (Å²) < 4.78 is 11.1. The molecule has 1 heterocycles. The number of aromatic carboxylic acids is 1. The predicted molar refractivity (Wildman–Crippen MR) is 66.2 cm³/mol. The quantitative estimate of drug-likeness (QED) is 0.678. The maximum atomic E-state index is 11.6. The van der Waals surface area contributed by atoms with Gasteiger partial charge in [0.15, 0.2) is 0 Å². The van der Waals surface area contributed by atoms with E-state index in [0.29, 0.717) is 18.9 Å². The standard InChI is InChI=1S/C11H17N3O5/c1-7-9(11(16)17)10(14(2)13-7)12-8(15)6-19-5-4-18-3/h4-6H2,1-3H3,(H,12,15)(H,16,17). The van der Waals surface area contributed by atoms with Gasteiger partial charge in [-0.15, -0.1) is 0 Å². The minimum atomic E-state index is -1.14. The van der Waals surface area contributed by atoms with E-state index in [-0.39, 0.29) is 18.0 Å². The Morgan fingerprint density at radius 2 is 2.11 bits per heavy atom. The number of nitrogens with zero attached hydrogens (tertiary/aromatic N) is 2. The summed E-state index contributed by atoms with van der Waals surface area (Å²) in [7, 11) is 3.09. The number of carbonyl (C=O) groups is 2. The van der Waals surface area contributed by atoms with Gasteiger partial charge in [-0.25, -0.2) is 4.79 Å². The Hall–Kier alpha value is -1.93. The van der Waals surface area contributed by atoms with Crippen LogP contribution in [0.15, 0.2) is 0 Å². The molecule has 0 saturated heterocycles. The normalized spacial score (nSPS) is 10.5. The van der Waals surface area contributed by atoms with E-state index in [4.69, 9.17) is 14.6 Å². The highest BCUT2D eigenvalue weighted by atomic mass is 16.5. The van der Waals surface area contributed by atoms with E-state index < -0.39 is 11.9 Å². The lowest BCUT2D eigenvalue weighted by Crippen LogP contribution is -2.22. The Morgan fingerprint density at radius 3 is 2.68 bits per heavy atom. The molecule has 8 heteroatoms. The number of amides is 1. The largest absolute Gasteiger partial charge is 0.477 e.